The summed E-state index contributed by atoms with van der Waals surface area (Å²) < 4.78 is 6.43. The van der Waals surface area contributed by atoms with Crippen molar-refractivity contribution in [1.82, 2.24) is 9.55 Å². The van der Waals surface area contributed by atoms with Crippen LogP contribution >= 0.6 is 0 Å². The number of hydrogen-bond donors (Lipinski definition) is 0. The Labute approximate surface area is 124 Å². The van der Waals surface area contributed by atoms with Gasteiger partial charge in [-0.3, -0.25) is 14.2 Å². The molecule has 0 aliphatic carbocycles. The number of aromatic nitrogens is 2. The summed E-state index contributed by atoms with van der Waals surface area (Å²) in [5, 5.41) is 0. The van der Waals surface area contributed by atoms with E-state index in [0.717, 1.165) is 11.0 Å². The summed E-state index contributed by atoms with van der Waals surface area (Å²) in [6, 6.07) is 7.34. The van der Waals surface area contributed by atoms with E-state index in [1.165, 1.54) is 18.4 Å². The number of carbonyl (C=O) groups excluding carboxylic acids is 2. The number of fused-ring (bicyclic) bond motifs is 1. The van der Waals surface area contributed by atoms with Crippen molar-refractivity contribution in [2.24, 2.45) is 0 Å². The van der Waals surface area contributed by atoms with Crippen LogP contribution in [0.3, 0.4) is 0 Å². The third kappa shape index (κ3) is 4.02. The number of esters is 1. The zero-order chi connectivity index (χ0) is 16.0. The van der Waals surface area contributed by atoms with Gasteiger partial charge in [-0.25, -0.2) is 4.98 Å². The Kier molecular flexibility index (Phi) is 5.84. The zero-order valence-corrected chi connectivity index (χ0v) is 13.0. The molecule has 2 aromatic rings. The summed E-state index contributed by atoms with van der Waals surface area (Å²) in [4.78, 5) is 27.0. The normalized spacial score (nSPS) is 10.8. The molecular weight excluding hydrogens is 268 g/mol. The molecule has 0 aliphatic rings. The molecule has 1 heterocycles. The summed E-state index contributed by atoms with van der Waals surface area (Å²) in [6.07, 6.45) is 1.57. The number of carbonyl (C=O) groups is 2. The van der Waals surface area contributed by atoms with E-state index in [0.29, 0.717) is 11.6 Å². The Bertz CT molecular complexity index is 684. The Hall–Kier alpha value is -2.43. The van der Waals surface area contributed by atoms with Crippen molar-refractivity contribution in [3.63, 3.8) is 0 Å². The number of allylic oxidation sites excluding steroid dienone is 1. The lowest BCUT2D eigenvalue weighted by molar-refractivity contribution is -0.136. The first-order valence-corrected chi connectivity index (χ1v) is 6.84. The maximum Gasteiger partial charge on any atom is 0.307 e. The maximum atomic E-state index is 11.7. The van der Waals surface area contributed by atoms with Gasteiger partial charge >= 0.3 is 5.97 Å². The molecular formula is C16H20N2O3. The minimum atomic E-state index is -0.403. The second kappa shape index (κ2) is 7.38. The number of nitrogens with zero attached hydrogens (tertiary/aromatic N) is 2. The van der Waals surface area contributed by atoms with Crippen LogP contribution in [0.2, 0.25) is 0 Å². The van der Waals surface area contributed by atoms with Crippen molar-refractivity contribution < 1.29 is 14.3 Å². The highest BCUT2D eigenvalue weighted by Crippen LogP contribution is 2.18. The van der Waals surface area contributed by atoms with Crippen LogP contribution in [-0.2, 0) is 9.53 Å². The Balaban J connectivity index is 0.00000106. The van der Waals surface area contributed by atoms with Gasteiger partial charge in [-0.1, -0.05) is 26.0 Å². The molecule has 0 atom stereocenters. The van der Waals surface area contributed by atoms with Gasteiger partial charge in [0.1, 0.15) is 11.6 Å². The van der Waals surface area contributed by atoms with Crippen molar-refractivity contribution >= 4 is 29.0 Å². The number of benzene rings is 1. The Morgan fingerprint density at radius 3 is 2.33 bits per heavy atom. The van der Waals surface area contributed by atoms with Crippen LogP contribution in [0.15, 0.2) is 30.0 Å². The van der Waals surface area contributed by atoms with E-state index in [2.05, 4.69) is 4.98 Å². The number of para-hydroxylation sites is 2. The van der Waals surface area contributed by atoms with E-state index < -0.39 is 5.97 Å². The van der Waals surface area contributed by atoms with Crippen molar-refractivity contribution in [2.75, 3.05) is 0 Å². The van der Waals surface area contributed by atoms with Crippen LogP contribution in [-0.4, -0.2) is 21.4 Å². The minimum absolute atomic E-state index is 0.143. The maximum absolute atomic E-state index is 11.7. The van der Waals surface area contributed by atoms with Gasteiger partial charge in [-0.2, -0.15) is 0 Å². The lowest BCUT2D eigenvalue weighted by Crippen LogP contribution is -2.08. The van der Waals surface area contributed by atoms with Crippen molar-refractivity contribution in [2.45, 2.75) is 34.6 Å². The standard InChI is InChI=1S/C14H14N2O3.C2H6/c1-9(19-11(3)18)8-14-15-12-6-4-5-7-13(12)16(14)10(2)17;1-2/h4-8H,1-3H3;1-2H3/b9-8-;. The molecule has 0 aliphatic heterocycles. The molecule has 0 bridgehead atoms. The van der Waals surface area contributed by atoms with Crippen LogP contribution < -0.4 is 0 Å². The number of hydrogen-bond acceptors (Lipinski definition) is 4. The topological polar surface area (TPSA) is 61.2 Å². The quantitative estimate of drug-likeness (QED) is 0.625. The predicted molar refractivity (Wildman–Crippen MR) is 82.8 cm³/mol. The lowest BCUT2D eigenvalue weighted by Gasteiger charge is -2.03. The van der Waals surface area contributed by atoms with Gasteiger partial charge in [0.2, 0.25) is 5.91 Å². The van der Waals surface area contributed by atoms with Crippen molar-refractivity contribution in [3.8, 4) is 0 Å². The van der Waals surface area contributed by atoms with Gasteiger partial charge in [0.05, 0.1) is 11.0 Å². The van der Waals surface area contributed by atoms with E-state index in [1.54, 1.807) is 13.0 Å². The highest BCUT2D eigenvalue weighted by Gasteiger charge is 2.12. The molecule has 0 unspecified atom stereocenters. The van der Waals surface area contributed by atoms with Gasteiger partial charge in [0, 0.05) is 19.9 Å². The zero-order valence-electron chi connectivity index (χ0n) is 13.0. The average molecular weight is 288 g/mol. The van der Waals surface area contributed by atoms with E-state index in [4.69, 9.17) is 4.74 Å². The van der Waals surface area contributed by atoms with Gasteiger partial charge in [0.25, 0.3) is 0 Å². The van der Waals surface area contributed by atoms with Crippen LogP contribution in [0, 0.1) is 0 Å². The molecule has 0 N–H and O–H groups in total. The van der Waals surface area contributed by atoms with Gasteiger partial charge < -0.3 is 4.74 Å². The molecule has 21 heavy (non-hydrogen) atoms. The molecule has 112 valence electrons. The van der Waals surface area contributed by atoms with Gasteiger partial charge in [-0.05, 0) is 19.1 Å². The highest BCUT2D eigenvalue weighted by molar-refractivity contribution is 5.91. The molecule has 1 aromatic carbocycles. The van der Waals surface area contributed by atoms with E-state index in [-0.39, 0.29) is 5.91 Å². The fourth-order valence-corrected chi connectivity index (χ4v) is 1.91. The van der Waals surface area contributed by atoms with E-state index in [1.807, 2.05) is 38.1 Å². The summed E-state index contributed by atoms with van der Waals surface area (Å²) in [5.41, 5.74) is 1.46. The first-order chi connectivity index (χ1) is 9.99. The molecule has 0 radical (unpaired) electrons. The SMILES string of the molecule is CC.CC(=O)O/C(C)=C\c1nc2ccccc2n1C(C)=O. The lowest BCUT2D eigenvalue weighted by atomic mass is 10.3. The number of imidazole rings is 1. The molecule has 1 aromatic heterocycles. The second-order valence-corrected chi connectivity index (χ2v) is 4.16. The first-order valence-electron chi connectivity index (χ1n) is 6.84. The van der Waals surface area contributed by atoms with E-state index in [9.17, 15) is 9.59 Å². The predicted octanol–water partition coefficient (Wildman–Crippen LogP) is 3.65. The summed E-state index contributed by atoms with van der Waals surface area (Å²) in [6.45, 7) is 8.43. The van der Waals surface area contributed by atoms with Crippen LogP contribution in [0.5, 0.6) is 0 Å². The van der Waals surface area contributed by atoms with Crippen LogP contribution in [0.4, 0.5) is 0 Å². The average Bonchev–Trinajstić information content (AvgIpc) is 2.77. The molecule has 0 saturated carbocycles. The summed E-state index contributed by atoms with van der Waals surface area (Å²) >= 11 is 0. The first kappa shape index (κ1) is 16.6. The Morgan fingerprint density at radius 1 is 1.14 bits per heavy atom. The monoisotopic (exact) mass is 288 g/mol. The van der Waals surface area contributed by atoms with Crippen LogP contribution in [0.1, 0.15) is 45.2 Å². The van der Waals surface area contributed by atoms with Crippen molar-refractivity contribution in [3.05, 3.63) is 35.8 Å². The number of ether oxygens (including phenoxy) is 1. The molecule has 5 heteroatoms. The number of rotatable bonds is 2. The third-order valence-corrected chi connectivity index (χ3v) is 2.54. The molecule has 0 spiro atoms. The third-order valence-electron chi connectivity index (χ3n) is 2.54. The molecule has 5 nitrogen and oxygen atoms in total. The molecule has 0 saturated heterocycles. The summed E-state index contributed by atoms with van der Waals surface area (Å²) in [5.74, 6) is 0.299. The molecule has 2 rings (SSSR count). The summed E-state index contributed by atoms with van der Waals surface area (Å²) in [7, 11) is 0. The Morgan fingerprint density at radius 2 is 1.76 bits per heavy atom. The minimum Gasteiger partial charge on any atom is -0.431 e. The highest BCUT2D eigenvalue weighted by atomic mass is 16.5. The van der Waals surface area contributed by atoms with E-state index >= 15 is 0 Å². The van der Waals surface area contributed by atoms with Crippen molar-refractivity contribution in [1.29, 1.82) is 0 Å². The van der Waals surface area contributed by atoms with Gasteiger partial charge in [-0.15, -0.1) is 0 Å². The largest absolute Gasteiger partial charge is 0.431 e. The molecule has 0 amide bonds. The fraction of sp³-hybridized carbons (Fsp3) is 0.312. The van der Waals surface area contributed by atoms with Crippen LogP contribution in [0.25, 0.3) is 17.1 Å². The molecule has 0 fully saturated rings. The second-order valence-electron chi connectivity index (χ2n) is 4.16. The fourth-order valence-electron chi connectivity index (χ4n) is 1.91. The smallest absolute Gasteiger partial charge is 0.307 e. The van der Waals surface area contributed by atoms with Gasteiger partial charge in [0.15, 0.2) is 0 Å².